The number of halogens is 1. The second-order valence-electron chi connectivity index (χ2n) is 4.61. The molecule has 5 nitrogen and oxygen atoms in total. The number of ether oxygens (including phenoxy) is 2. The molecule has 2 rings (SSSR count). The Bertz CT molecular complexity index is 658. The van der Waals surface area contributed by atoms with Crippen LogP contribution in [0.5, 0.6) is 17.2 Å². The molecule has 0 bridgehead atoms. The van der Waals surface area contributed by atoms with E-state index in [-0.39, 0.29) is 17.5 Å². The van der Waals surface area contributed by atoms with Crippen LogP contribution in [0.25, 0.3) is 0 Å². The van der Waals surface area contributed by atoms with Crippen LogP contribution in [0.4, 0.5) is 5.69 Å². The summed E-state index contributed by atoms with van der Waals surface area (Å²) >= 11 is 3.36. The first-order valence-electron chi connectivity index (χ1n) is 6.34. The molecule has 110 valence electrons. The van der Waals surface area contributed by atoms with E-state index in [2.05, 4.69) is 15.9 Å². The Hall–Kier alpha value is -2.08. The number of hydrogen-bond donors (Lipinski definition) is 0. The molecule has 0 amide bonds. The fourth-order valence-electron chi connectivity index (χ4n) is 1.72. The Labute approximate surface area is 130 Å². The SMILES string of the molecule is CC(C)Oc1cc(Oc2cccc(Br)c2)ccc1[N+](=O)[O-]. The standard InChI is InChI=1S/C15H14BrNO4/c1-10(2)20-15-9-13(6-7-14(15)17(18)19)21-12-5-3-4-11(16)8-12/h3-10H,1-2H3. The van der Waals surface area contributed by atoms with Crippen LogP contribution in [-0.4, -0.2) is 11.0 Å². The molecule has 0 atom stereocenters. The summed E-state index contributed by atoms with van der Waals surface area (Å²) in [6.07, 6.45) is -0.162. The van der Waals surface area contributed by atoms with Crippen molar-refractivity contribution < 1.29 is 14.4 Å². The van der Waals surface area contributed by atoms with Gasteiger partial charge in [-0.05, 0) is 38.1 Å². The summed E-state index contributed by atoms with van der Waals surface area (Å²) in [5.41, 5.74) is -0.0784. The average Bonchev–Trinajstić information content (AvgIpc) is 2.37. The van der Waals surface area contributed by atoms with Gasteiger partial charge >= 0.3 is 5.69 Å². The summed E-state index contributed by atoms with van der Waals surface area (Å²) in [4.78, 5) is 10.5. The van der Waals surface area contributed by atoms with Gasteiger partial charge < -0.3 is 9.47 Å². The lowest BCUT2D eigenvalue weighted by Crippen LogP contribution is -2.07. The third-order valence-electron chi connectivity index (χ3n) is 2.52. The summed E-state index contributed by atoms with van der Waals surface area (Å²) in [7, 11) is 0. The van der Waals surface area contributed by atoms with Gasteiger partial charge in [-0.1, -0.05) is 22.0 Å². The van der Waals surface area contributed by atoms with Gasteiger partial charge in [-0.3, -0.25) is 10.1 Å². The van der Waals surface area contributed by atoms with Crippen LogP contribution >= 0.6 is 15.9 Å². The first kappa shape index (κ1) is 15.3. The zero-order valence-corrected chi connectivity index (χ0v) is 13.2. The molecule has 0 spiro atoms. The molecule has 0 aliphatic heterocycles. The highest BCUT2D eigenvalue weighted by Gasteiger charge is 2.17. The van der Waals surface area contributed by atoms with Crippen LogP contribution in [0.15, 0.2) is 46.9 Å². The van der Waals surface area contributed by atoms with Crippen LogP contribution in [0.2, 0.25) is 0 Å². The minimum Gasteiger partial charge on any atom is -0.484 e. The molecule has 2 aromatic rings. The number of rotatable bonds is 5. The maximum absolute atomic E-state index is 11.0. The zero-order chi connectivity index (χ0) is 15.4. The van der Waals surface area contributed by atoms with Crippen molar-refractivity contribution in [2.24, 2.45) is 0 Å². The predicted molar refractivity (Wildman–Crippen MR) is 83.1 cm³/mol. The van der Waals surface area contributed by atoms with Crippen molar-refractivity contribution in [1.82, 2.24) is 0 Å². The van der Waals surface area contributed by atoms with E-state index in [0.29, 0.717) is 11.5 Å². The Morgan fingerprint density at radius 1 is 1.14 bits per heavy atom. The van der Waals surface area contributed by atoms with Crippen molar-refractivity contribution in [3.63, 3.8) is 0 Å². The van der Waals surface area contributed by atoms with Gasteiger partial charge in [0.15, 0.2) is 0 Å². The van der Waals surface area contributed by atoms with Crippen LogP contribution in [-0.2, 0) is 0 Å². The summed E-state index contributed by atoms with van der Waals surface area (Å²) in [5.74, 6) is 1.31. The van der Waals surface area contributed by atoms with E-state index in [9.17, 15) is 10.1 Å². The van der Waals surface area contributed by atoms with Gasteiger partial charge in [-0.15, -0.1) is 0 Å². The van der Waals surface area contributed by atoms with E-state index >= 15 is 0 Å². The van der Waals surface area contributed by atoms with Crippen LogP contribution in [0.3, 0.4) is 0 Å². The van der Waals surface area contributed by atoms with E-state index in [1.807, 2.05) is 32.0 Å². The Morgan fingerprint density at radius 3 is 2.48 bits per heavy atom. The van der Waals surface area contributed by atoms with Gasteiger partial charge in [0.2, 0.25) is 5.75 Å². The molecule has 6 heteroatoms. The van der Waals surface area contributed by atoms with Crippen molar-refractivity contribution in [2.45, 2.75) is 20.0 Å². The van der Waals surface area contributed by atoms with Gasteiger partial charge in [0.1, 0.15) is 11.5 Å². The number of nitrogens with zero attached hydrogens (tertiary/aromatic N) is 1. The maximum atomic E-state index is 11.0. The molecule has 0 heterocycles. The van der Waals surface area contributed by atoms with Gasteiger partial charge in [0, 0.05) is 16.6 Å². The van der Waals surface area contributed by atoms with Crippen molar-refractivity contribution in [1.29, 1.82) is 0 Å². The number of hydrogen-bond acceptors (Lipinski definition) is 4. The van der Waals surface area contributed by atoms with E-state index in [1.165, 1.54) is 12.1 Å². The largest absolute Gasteiger partial charge is 0.484 e. The van der Waals surface area contributed by atoms with Crippen molar-refractivity contribution in [3.05, 3.63) is 57.1 Å². The van der Waals surface area contributed by atoms with Gasteiger partial charge in [0.05, 0.1) is 11.0 Å². The molecule has 2 aromatic carbocycles. The first-order valence-corrected chi connectivity index (χ1v) is 7.13. The lowest BCUT2D eigenvalue weighted by Gasteiger charge is -2.12. The summed E-state index contributed by atoms with van der Waals surface area (Å²) in [6.45, 7) is 3.62. The number of benzene rings is 2. The second kappa shape index (κ2) is 6.58. The fourth-order valence-corrected chi connectivity index (χ4v) is 2.10. The van der Waals surface area contributed by atoms with E-state index in [0.717, 1.165) is 4.47 Å². The van der Waals surface area contributed by atoms with Gasteiger partial charge in [0.25, 0.3) is 0 Å². The fraction of sp³-hybridized carbons (Fsp3) is 0.200. The Morgan fingerprint density at radius 2 is 1.86 bits per heavy atom. The molecule has 0 aliphatic carbocycles. The molecule has 0 saturated heterocycles. The molecular formula is C15H14BrNO4. The molecule has 21 heavy (non-hydrogen) atoms. The summed E-state index contributed by atoms with van der Waals surface area (Å²) < 4.78 is 12.1. The van der Waals surface area contributed by atoms with Gasteiger partial charge in [-0.25, -0.2) is 0 Å². The lowest BCUT2D eigenvalue weighted by atomic mass is 10.2. The molecule has 0 aliphatic rings. The molecular weight excluding hydrogens is 338 g/mol. The van der Waals surface area contributed by atoms with Crippen LogP contribution in [0, 0.1) is 10.1 Å². The quantitative estimate of drug-likeness (QED) is 0.565. The smallest absolute Gasteiger partial charge is 0.311 e. The summed E-state index contributed by atoms with van der Waals surface area (Å²) in [6, 6.07) is 11.8. The van der Waals surface area contributed by atoms with Crippen LogP contribution in [0.1, 0.15) is 13.8 Å². The molecule has 0 saturated carbocycles. The predicted octanol–water partition coefficient (Wildman–Crippen LogP) is 4.94. The molecule has 0 aromatic heterocycles. The monoisotopic (exact) mass is 351 g/mol. The van der Waals surface area contributed by atoms with Crippen molar-refractivity contribution in [2.75, 3.05) is 0 Å². The highest BCUT2D eigenvalue weighted by atomic mass is 79.9. The minimum atomic E-state index is -0.472. The van der Waals surface area contributed by atoms with Crippen molar-refractivity contribution in [3.8, 4) is 17.2 Å². The third-order valence-corrected chi connectivity index (χ3v) is 3.02. The average molecular weight is 352 g/mol. The number of nitro benzene ring substituents is 1. The molecule has 0 fully saturated rings. The van der Waals surface area contributed by atoms with Gasteiger partial charge in [-0.2, -0.15) is 0 Å². The van der Waals surface area contributed by atoms with Crippen LogP contribution < -0.4 is 9.47 Å². The summed E-state index contributed by atoms with van der Waals surface area (Å²) in [5, 5.41) is 11.0. The van der Waals surface area contributed by atoms with Crippen molar-refractivity contribution >= 4 is 21.6 Å². The normalized spacial score (nSPS) is 10.5. The Kier molecular flexibility index (Phi) is 4.80. The Balaban J connectivity index is 2.30. The molecule has 0 radical (unpaired) electrons. The first-order chi connectivity index (χ1) is 9.95. The number of nitro groups is 1. The highest BCUT2D eigenvalue weighted by Crippen LogP contribution is 2.34. The third kappa shape index (κ3) is 4.19. The van der Waals surface area contributed by atoms with E-state index < -0.39 is 4.92 Å². The van der Waals surface area contributed by atoms with E-state index in [1.54, 1.807) is 12.1 Å². The zero-order valence-electron chi connectivity index (χ0n) is 11.6. The topological polar surface area (TPSA) is 61.6 Å². The molecule has 0 unspecified atom stereocenters. The molecule has 0 N–H and O–H groups in total. The lowest BCUT2D eigenvalue weighted by molar-refractivity contribution is -0.386. The van der Waals surface area contributed by atoms with E-state index in [4.69, 9.17) is 9.47 Å². The highest BCUT2D eigenvalue weighted by molar-refractivity contribution is 9.10. The minimum absolute atomic E-state index is 0.0784. The second-order valence-corrected chi connectivity index (χ2v) is 5.53. The maximum Gasteiger partial charge on any atom is 0.311 e.